The normalized spacial score (nSPS) is 18.0. The second-order valence-corrected chi connectivity index (χ2v) is 7.48. The number of rotatable bonds is 4. The number of fused-ring (bicyclic) bond motifs is 1. The van der Waals surface area contributed by atoms with Crippen LogP contribution in [0.4, 0.5) is 13.2 Å². The molecule has 166 valence electrons. The van der Waals surface area contributed by atoms with E-state index in [1.54, 1.807) is 13.0 Å². The SMILES string of the molecule is CC1(NC(=O)c2ccccc2OC(F)(F)F)CCCn2c1nc(-c1ccncn1)cc2=O. The zero-order valence-electron chi connectivity index (χ0n) is 16.9. The first-order chi connectivity index (χ1) is 15.2. The molecule has 1 unspecified atom stereocenters. The van der Waals surface area contributed by atoms with Crippen molar-refractivity contribution in [1.82, 2.24) is 24.8 Å². The summed E-state index contributed by atoms with van der Waals surface area (Å²) in [6, 6.07) is 8.03. The van der Waals surface area contributed by atoms with Crippen LogP contribution in [0.15, 0.2) is 53.7 Å². The van der Waals surface area contributed by atoms with Crippen LogP contribution in [0.2, 0.25) is 0 Å². The third-order valence-electron chi connectivity index (χ3n) is 5.15. The van der Waals surface area contributed by atoms with Crippen LogP contribution < -0.4 is 15.6 Å². The molecule has 0 spiro atoms. The summed E-state index contributed by atoms with van der Waals surface area (Å²) < 4.78 is 43.7. The molecule has 1 amide bonds. The number of para-hydroxylation sites is 1. The van der Waals surface area contributed by atoms with Crippen LogP contribution in [0.25, 0.3) is 11.4 Å². The summed E-state index contributed by atoms with van der Waals surface area (Å²) in [6.07, 6.45) is -1.11. The first-order valence-corrected chi connectivity index (χ1v) is 9.72. The Balaban J connectivity index is 1.72. The van der Waals surface area contributed by atoms with Gasteiger partial charge in [0.2, 0.25) is 0 Å². The number of amides is 1. The molecule has 3 aromatic rings. The molecule has 2 aromatic heterocycles. The Kier molecular flexibility index (Phi) is 5.41. The molecular weight excluding hydrogens is 427 g/mol. The molecular formula is C21H18F3N5O3. The lowest BCUT2D eigenvalue weighted by atomic mass is 9.90. The Labute approximate surface area is 180 Å². The van der Waals surface area contributed by atoms with Gasteiger partial charge in [-0.2, -0.15) is 0 Å². The zero-order chi connectivity index (χ0) is 22.9. The summed E-state index contributed by atoms with van der Waals surface area (Å²) in [5, 5.41) is 2.76. The topological polar surface area (TPSA) is 99.0 Å². The number of alkyl halides is 3. The lowest BCUT2D eigenvalue weighted by Gasteiger charge is -2.36. The first kappa shape index (κ1) is 21.5. The molecule has 3 heterocycles. The van der Waals surface area contributed by atoms with Crippen molar-refractivity contribution in [2.24, 2.45) is 0 Å². The molecule has 0 aliphatic carbocycles. The van der Waals surface area contributed by atoms with E-state index in [1.807, 2.05) is 0 Å². The van der Waals surface area contributed by atoms with Crippen molar-refractivity contribution in [2.45, 2.75) is 38.2 Å². The number of nitrogens with zero attached hydrogens (tertiary/aromatic N) is 4. The number of ether oxygens (including phenoxy) is 1. The average Bonchev–Trinajstić information content (AvgIpc) is 2.74. The van der Waals surface area contributed by atoms with E-state index in [-0.39, 0.29) is 11.1 Å². The number of carbonyl (C=O) groups is 1. The fourth-order valence-electron chi connectivity index (χ4n) is 3.72. The maximum atomic E-state index is 13.0. The van der Waals surface area contributed by atoms with Gasteiger partial charge in [-0.15, -0.1) is 13.2 Å². The number of nitrogens with one attached hydrogen (secondary N) is 1. The third-order valence-corrected chi connectivity index (χ3v) is 5.15. The fourth-order valence-corrected chi connectivity index (χ4v) is 3.72. The Morgan fingerprint density at radius 1 is 1.22 bits per heavy atom. The highest BCUT2D eigenvalue weighted by atomic mass is 19.4. The second kappa shape index (κ2) is 8.06. The predicted molar refractivity (Wildman–Crippen MR) is 107 cm³/mol. The quantitative estimate of drug-likeness (QED) is 0.663. The number of carbonyl (C=O) groups excluding carboxylic acids is 1. The summed E-state index contributed by atoms with van der Waals surface area (Å²) >= 11 is 0. The van der Waals surface area contributed by atoms with Gasteiger partial charge in [-0.05, 0) is 38.0 Å². The van der Waals surface area contributed by atoms with Crippen LogP contribution in [-0.2, 0) is 12.1 Å². The van der Waals surface area contributed by atoms with E-state index in [9.17, 15) is 22.8 Å². The van der Waals surface area contributed by atoms with Crippen LogP contribution in [0.3, 0.4) is 0 Å². The maximum absolute atomic E-state index is 13.0. The molecule has 1 N–H and O–H groups in total. The van der Waals surface area contributed by atoms with Gasteiger partial charge < -0.3 is 10.1 Å². The van der Waals surface area contributed by atoms with Crippen molar-refractivity contribution in [3.63, 3.8) is 0 Å². The number of benzene rings is 1. The molecule has 1 aliphatic heterocycles. The largest absolute Gasteiger partial charge is 0.573 e. The fraction of sp³-hybridized carbons (Fsp3) is 0.286. The van der Waals surface area contributed by atoms with Crippen molar-refractivity contribution < 1.29 is 22.7 Å². The van der Waals surface area contributed by atoms with Crippen molar-refractivity contribution in [2.75, 3.05) is 0 Å². The number of halogens is 3. The third kappa shape index (κ3) is 4.32. The molecule has 8 nitrogen and oxygen atoms in total. The smallest absolute Gasteiger partial charge is 0.405 e. The van der Waals surface area contributed by atoms with Crippen molar-refractivity contribution in [1.29, 1.82) is 0 Å². The Hall–Kier alpha value is -3.76. The van der Waals surface area contributed by atoms with Gasteiger partial charge in [-0.25, -0.2) is 15.0 Å². The molecule has 32 heavy (non-hydrogen) atoms. The molecule has 1 aliphatic rings. The van der Waals surface area contributed by atoms with Crippen LogP contribution in [0.5, 0.6) is 5.75 Å². The van der Waals surface area contributed by atoms with Crippen LogP contribution in [0, 0.1) is 0 Å². The monoisotopic (exact) mass is 445 g/mol. The van der Waals surface area contributed by atoms with E-state index in [1.165, 1.54) is 41.4 Å². The summed E-state index contributed by atoms with van der Waals surface area (Å²) in [4.78, 5) is 38.2. The zero-order valence-corrected chi connectivity index (χ0v) is 16.9. The first-order valence-electron chi connectivity index (χ1n) is 9.72. The summed E-state index contributed by atoms with van der Waals surface area (Å²) in [5.74, 6) is -1.09. The number of aromatic nitrogens is 4. The van der Waals surface area contributed by atoms with E-state index in [0.29, 0.717) is 36.6 Å². The van der Waals surface area contributed by atoms with Crippen LogP contribution in [0.1, 0.15) is 35.9 Å². The molecule has 1 aromatic carbocycles. The second-order valence-electron chi connectivity index (χ2n) is 7.48. The minimum absolute atomic E-state index is 0.280. The summed E-state index contributed by atoms with van der Waals surface area (Å²) in [7, 11) is 0. The molecule has 1 atom stereocenters. The molecule has 11 heteroatoms. The molecule has 0 saturated heterocycles. The minimum Gasteiger partial charge on any atom is -0.405 e. The van der Waals surface area contributed by atoms with Gasteiger partial charge in [-0.3, -0.25) is 14.2 Å². The van der Waals surface area contributed by atoms with E-state index in [0.717, 1.165) is 6.07 Å². The average molecular weight is 445 g/mol. The van der Waals surface area contributed by atoms with Gasteiger partial charge in [-0.1, -0.05) is 12.1 Å². The molecule has 0 fully saturated rings. The predicted octanol–water partition coefficient (Wildman–Crippen LogP) is 3.04. The van der Waals surface area contributed by atoms with Gasteiger partial charge in [0.1, 0.15) is 17.9 Å². The number of hydrogen-bond acceptors (Lipinski definition) is 6. The molecule has 0 saturated carbocycles. The highest BCUT2D eigenvalue weighted by molar-refractivity contribution is 5.97. The highest BCUT2D eigenvalue weighted by Crippen LogP contribution is 2.32. The lowest BCUT2D eigenvalue weighted by Crippen LogP contribution is -2.50. The standard InChI is InChI=1S/C21H18F3N5O3/c1-20(28-18(31)13-5-2-3-6-16(13)32-21(22,23)24)8-4-10-29-17(30)11-15(27-19(20)29)14-7-9-25-12-26-14/h2-3,5-7,9,11-12H,4,8,10H2,1H3,(H,28,31). The van der Waals surface area contributed by atoms with E-state index >= 15 is 0 Å². The van der Waals surface area contributed by atoms with Gasteiger partial charge in [0.15, 0.2) is 0 Å². The van der Waals surface area contributed by atoms with Gasteiger partial charge in [0.05, 0.1) is 22.5 Å². The lowest BCUT2D eigenvalue weighted by molar-refractivity contribution is -0.274. The maximum Gasteiger partial charge on any atom is 0.573 e. The Bertz CT molecular complexity index is 1210. The van der Waals surface area contributed by atoms with Crippen molar-refractivity contribution in [3.8, 4) is 17.1 Å². The van der Waals surface area contributed by atoms with Gasteiger partial charge >= 0.3 is 6.36 Å². The van der Waals surface area contributed by atoms with Gasteiger partial charge in [0, 0.05) is 18.8 Å². The van der Waals surface area contributed by atoms with E-state index in [4.69, 9.17) is 0 Å². The molecule has 0 radical (unpaired) electrons. The van der Waals surface area contributed by atoms with Crippen molar-refractivity contribution in [3.05, 3.63) is 70.7 Å². The Morgan fingerprint density at radius 3 is 2.72 bits per heavy atom. The highest BCUT2D eigenvalue weighted by Gasteiger charge is 2.38. The summed E-state index contributed by atoms with van der Waals surface area (Å²) in [6.45, 7) is 2.09. The molecule has 4 rings (SSSR count). The van der Waals surface area contributed by atoms with Gasteiger partial charge in [0.25, 0.3) is 11.5 Å². The molecule has 0 bridgehead atoms. The number of hydrogen-bond donors (Lipinski definition) is 1. The summed E-state index contributed by atoms with van der Waals surface area (Å²) in [5.41, 5.74) is -0.958. The minimum atomic E-state index is -4.95. The van der Waals surface area contributed by atoms with E-state index in [2.05, 4.69) is 25.0 Å². The van der Waals surface area contributed by atoms with Crippen LogP contribution in [-0.4, -0.2) is 31.8 Å². The van der Waals surface area contributed by atoms with E-state index < -0.39 is 23.6 Å². The Morgan fingerprint density at radius 2 is 2.00 bits per heavy atom. The van der Waals surface area contributed by atoms with Crippen molar-refractivity contribution >= 4 is 5.91 Å². The van der Waals surface area contributed by atoms with Crippen LogP contribution >= 0.6 is 0 Å².